The highest BCUT2D eigenvalue weighted by atomic mass is 14.2. The van der Waals surface area contributed by atoms with Crippen molar-refractivity contribution < 1.29 is 0 Å². The first-order valence-electron chi connectivity index (χ1n) is 18.0. The van der Waals surface area contributed by atoms with Crippen LogP contribution in [-0.4, -0.2) is 0 Å². The predicted molar refractivity (Wildman–Crippen MR) is 224 cm³/mol. The van der Waals surface area contributed by atoms with E-state index in [9.17, 15) is 0 Å². The van der Waals surface area contributed by atoms with Gasteiger partial charge < -0.3 is 0 Å². The van der Waals surface area contributed by atoms with Gasteiger partial charge in [0.1, 0.15) is 0 Å². The Kier molecular flexibility index (Phi) is 7.25. The van der Waals surface area contributed by atoms with Crippen molar-refractivity contribution in [3.05, 3.63) is 206 Å². The minimum absolute atomic E-state index is 1.21. The van der Waals surface area contributed by atoms with Gasteiger partial charge in [-0.25, -0.2) is 0 Å². The van der Waals surface area contributed by atoms with Crippen molar-refractivity contribution in [2.45, 2.75) is 0 Å². The van der Waals surface area contributed by atoms with Crippen LogP contribution in [0.1, 0.15) is 0 Å². The fourth-order valence-electron chi connectivity index (χ4n) is 8.38. The molecule has 0 aromatic heterocycles. The molecule has 0 aliphatic carbocycles. The molecular formula is C52H34. The quantitative estimate of drug-likeness (QED) is 0.128. The Morgan fingerprint density at radius 3 is 1.27 bits per heavy atom. The van der Waals surface area contributed by atoms with Crippen LogP contribution >= 0.6 is 0 Å². The van der Waals surface area contributed by atoms with Crippen LogP contribution in [-0.2, 0) is 0 Å². The number of hydrogen-bond acceptors (Lipinski definition) is 0. The summed E-state index contributed by atoms with van der Waals surface area (Å²) in [5.74, 6) is 0. The lowest BCUT2D eigenvalue weighted by Gasteiger charge is -2.21. The minimum atomic E-state index is 1.21. The molecule has 10 aromatic carbocycles. The van der Waals surface area contributed by atoms with Gasteiger partial charge in [0, 0.05) is 0 Å². The van der Waals surface area contributed by atoms with Crippen LogP contribution in [0.4, 0.5) is 0 Å². The van der Waals surface area contributed by atoms with Gasteiger partial charge in [-0.3, -0.25) is 0 Å². The number of benzene rings is 10. The van der Waals surface area contributed by atoms with E-state index >= 15 is 0 Å². The molecule has 0 nitrogen and oxygen atoms in total. The van der Waals surface area contributed by atoms with Crippen LogP contribution in [0.3, 0.4) is 0 Å². The third-order valence-electron chi connectivity index (χ3n) is 10.7. The van der Waals surface area contributed by atoms with E-state index in [1.165, 1.54) is 98.7 Å². The maximum absolute atomic E-state index is 2.46. The number of fused-ring (bicyclic) bond motifs is 5. The Labute approximate surface area is 303 Å². The van der Waals surface area contributed by atoms with Crippen molar-refractivity contribution >= 4 is 43.1 Å². The summed E-state index contributed by atoms with van der Waals surface area (Å²) in [6, 6.07) is 75.6. The highest BCUT2D eigenvalue weighted by Gasteiger charge is 2.20. The first kappa shape index (κ1) is 30.1. The highest BCUT2D eigenvalue weighted by molar-refractivity contribution is 6.22. The average Bonchev–Trinajstić information content (AvgIpc) is 3.23. The summed E-state index contributed by atoms with van der Waals surface area (Å²) in [7, 11) is 0. The minimum Gasteiger partial charge on any atom is -0.0622 e. The fraction of sp³-hybridized carbons (Fsp3) is 0. The summed E-state index contributed by atoms with van der Waals surface area (Å²) in [6.45, 7) is 0. The Morgan fingerprint density at radius 2 is 0.635 bits per heavy atom. The maximum Gasteiger partial charge on any atom is -0.00261 e. The number of hydrogen-bond donors (Lipinski definition) is 0. The Bertz CT molecular complexity index is 2880. The van der Waals surface area contributed by atoms with E-state index in [4.69, 9.17) is 0 Å². The van der Waals surface area contributed by atoms with E-state index in [1.54, 1.807) is 0 Å². The maximum atomic E-state index is 2.46. The van der Waals surface area contributed by atoms with E-state index in [-0.39, 0.29) is 0 Å². The van der Waals surface area contributed by atoms with Crippen molar-refractivity contribution in [1.82, 2.24) is 0 Å². The van der Waals surface area contributed by atoms with Gasteiger partial charge in [0.05, 0.1) is 0 Å². The first-order chi connectivity index (χ1) is 25.8. The first-order valence-corrected chi connectivity index (χ1v) is 18.0. The Hall–Kier alpha value is -6.76. The molecule has 0 unspecified atom stereocenters. The molecule has 0 saturated heterocycles. The molecule has 0 spiro atoms. The largest absolute Gasteiger partial charge is 0.0622 e. The van der Waals surface area contributed by atoms with Crippen LogP contribution < -0.4 is 0 Å². The van der Waals surface area contributed by atoms with Crippen molar-refractivity contribution in [3.8, 4) is 55.6 Å². The van der Waals surface area contributed by atoms with Gasteiger partial charge in [0.25, 0.3) is 0 Å². The molecule has 0 bridgehead atoms. The molecule has 0 N–H and O–H groups in total. The van der Waals surface area contributed by atoms with E-state index in [0.717, 1.165) is 0 Å². The molecule has 52 heavy (non-hydrogen) atoms. The molecule has 0 amide bonds. The molecule has 0 atom stereocenters. The standard InChI is InChI=1S/C52H34/c1-3-17-35(18-4-1)39-22-9-10-24-41(39)44-32-31-38(34-50(44)49-33-37-21-7-8-23-40(37)42-25-11-12-26-43(42)49)52-47-29-15-13-27-45(47)51(36-19-5-2-6-20-36)46-28-14-16-30-48(46)52/h1-34H. The second-order valence-electron chi connectivity index (χ2n) is 13.6. The van der Waals surface area contributed by atoms with Crippen LogP contribution in [0, 0.1) is 0 Å². The Balaban J connectivity index is 1.33. The van der Waals surface area contributed by atoms with Crippen LogP contribution in [0.15, 0.2) is 206 Å². The second kappa shape index (κ2) is 12.5. The van der Waals surface area contributed by atoms with E-state index in [0.29, 0.717) is 0 Å². The fourth-order valence-corrected chi connectivity index (χ4v) is 8.38. The summed E-state index contributed by atoms with van der Waals surface area (Å²) in [5.41, 5.74) is 12.3. The normalized spacial score (nSPS) is 11.5. The summed E-state index contributed by atoms with van der Waals surface area (Å²) in [6.07, 6.45) is 0. The van der Waals surface area contributed by atoms with Crippen LogP contribution in [0.5, 0.6) is 0 Å². The van der Waals surface area contributed by atoms with Crippen LogP contribution in [0.25, 0.3) is 98.7 Å². The highest BCUT2D eigenvalue weighted by Crippen LogP contribution is 2.47. The molecule has 0 aliphatic rings. The third kappa shape index (κ3) is 4.92. The molecule has 0 heterocycles. The monoisotopic (exact) mass is 658 g/mol. The SMILES string of the molecule is c1ccc(-c2ccccc2-c2ccc(-c3c4ccccc4c(-c4ccccc4)c4ccccc34)cc2-c2cc3ccccc3c3ccccc23)cc1. The lowest BCUT2D eigenvalue weighted by molar-refractivity contribution is 1.57. The van der Waals surface area contributed by atoms with Crippen molar-refractivity contribution in [1.29, 1.82) is 0 Å². The second-order valence-corrected chi connectivity index (χ2v) is 13.6. The third-order valence-corrected chi connectivity index (χ3v) is 10.7. The summed E-state index contributed by atoms with van der Waals surface area (Å²) < 4.78 is 0. The molecular weight excluding hydrogens is 625 g/mol. The average molecular weight is 659 g/mol. The van der Waals surface area contributed by atoms with Crippen molar-refractivity contribution in [2.24, 2.45) is 0 Å². The van der Waals surface area contributed by atoms with Crippen LogP contribution in [0.2, 0.25) is 0 Å². The molecule has 242 valence electrons. The van der Waals surface area contributed by atoms with Gasteiger partial charge in [-0.2, -0.15) is 0 Å². The van der Waals surface area contributed by atoms with Crippen molar-refractivity contribution in [2.75, 3.05) is 0 Å². The van der Waals surface area contributed by atoms with Gasteiger partial charge >= 0.3 is 0 Å². The predicted octanol–water partition coefficient (Wildman–Crippen LogP) is 14.6. The van der Waals surface area contributed by atoms with E-state index in [1.807, 2.05) is 0 Å². The zero-order valence-corrected chi connectivity index (χ0v) is 28.6. The molecule has 10 rings (SSSR count). The van der Waals surface area contributed by atoms with Gasteiger partial charge in [0.2, 0.25) is 0 Å². The van der Waals surface area contributed by atoms with Gasteiger partial charge in [0.15, 0.2) is 0 Å². The zero-order chi connectivity index (χ0) is 34.4. The Morgan fingerprint density at radius 1 is 0.192 bits per heavy atom. The smallest absolute Gasteiger partial charge is 0.00261 e. The molecule has 0 heteroatoms. The molecule has 10 aromatic rings. The van der Waals surface area contributed by atoms with Gasteiger partial charge in [-0.15, -0.1) is 0 Å². The summed E-state index contributed by atoms with van der Waals surface area (Å²) in [5, 5.41) is 10.1. The molecule has 0 aliphatic heterocycles. The van der Waals surface area contributed by atoms with E-state index < -0.39 is 0 Å². The number of rotatable bonds is 5. The summed E-state index contributed by atoms with van der Waals surface area (Å²) in [4.78, 5) is 0. The molecule has 0 radical (unpaired) electrons. The lowest BCUT2D eigenvalue weighted by Crippen LogP contribution is -1.94. The summed E-state index contributed by atoms with van der Waals surface area (Å²) >= 11 is 0. The molecule has 0 fully saturated rings. The van der Waals surface area contributed by atoms with Gasteiger partial charge in [-0.1, -0.05) is 194 Å². The zero-order valence-electron chi connectivity index (χ0n) is 28.6. The van der Waals surface area contributed by atoms with Crippen molar-refractivity contribution in [3.63, 3.8) is 0 Å². The van der Waals surface area contributed by atoms with Gasteiger partial charge in [-0.05, 0) is 111 Å². The topological polar surface area (TPSA) is 0 Å². The lowest BCUT2D eigenvalue weighted by atomic mass is 9.82. The van der Waals surface area contributed by atoms with E-state index in [2.05, 4.69) is 206 Å². The molecule has 0 saturated carbocycles.